The van der Waals surface area contributed by atoms with Gasteiger partial charge in [0.15, 0.2) is 0 Å². The lowest BCUT2D eigenvalue weighted by molar-refractivity contribution is 0.163. The van der Waals surface area contributed by atoms with E-state index >= 15 is 0 Å². The minimum Gasteiger partial charge on any atom is -0.381 e. The van der Waals surface area contributed by atoms with Gasteiger partial charge in [-0.3, -0.25) is 4.72 Å². The molecule has 1 aromatic rings. The van der Waals surface area contributed by atoms with E-state index in [-0.39, 0.29) is 27.4 Å². The molecular weight excluding hydrogens is 394 g/mol. The number of benzene rings is 1. The van der Waals surface area contributed by atoms with E-state index in [1.54, 1.807) is 6.92 Å². The van der Waals surface area contributed by atoms with Crippen LogP contribution in [0.1, 0.15) is 6.92 Å². The molecule has 0 fully saturated rings. The molecule has 6 nitrogen and oxygen atoms in total. The predicted octanol–water partition coefficient (Wildman–Crippen LogP) is 2.15. The Balaban J connectivity index is 2.87. The average Bonchev–Trinajstić information content (AvgIpc) is 2.26. The van der Waals surface area contributed by atoms with Crippen molar-refractivity contribution in [2.75, 3.05) is 23.7 Å². The van der Waals surface area contributed by atoms with E-state index in [9.17, 15) is 16.8 Å². The van der Waals surface area contributed by atoms with Gasteiger partial charge < -0.3 is 4.74 Å². The van der Waals surface area contributed by atoms with Crippen LogP contribution in [0.3, 0.4) is 0 Å². The van der Waals surface area contributed by atoms with Crippen LogP contribution in [-0.2, 0) is 23.8 Å². The van der Waals surface area contributed by atoms with Crippen LogP contribution in [0, 0.1) is 0 Å². The summed E-state index contributed by atoms with van der Waals surface area (Å²) in [6, 6.07) is 3.86. The maximum Gasteiger partial charge on any atom is 0.262 e. The van der Waals surface area contributed by atoms with Gasteiger partial charge in [-0.2, -0.15) is 0 Å². The van der Waals surface area contributed by atoms with Crippen molar-refractivity contribution >= 4 is 51.4 Å². The summed E-state index contributed by atoms with van der Waals surface area (Å²) in [5.74, 6) is -0.186. The largest absolute Gasteiger partial charge is 0.381 e. The molecule has 1 rings (SSSR count). The first kappa shape index (κ1) is 17.7. The van der Waals surface area contributed by atoms with E-state index in [1.807, 2.05) is 0 Å². The van der Waals surface area contributed by atoms with E-state index in [1.165, 1.54) is 18.2 Å². The molecular formula is C10H13BrClNO5S2. The second-order valence-corrected chi connectivity index (χ2v) is 8.93. The van der Waals surface area contributed by atoms with Crippen molar-refractivity contribution in [1.82, 2.24) is 0 Å². The van der Waals surface area contributed by atoms with Crippen LogP contribution in [0.25, 0.3) is 0 Å². The fourth-order valence-electron chi connectivity index (χ4n) is 1.31. The van der Waals surface area contributed by atoms with Gasteiger partial charge in [-0.25, -0.2) is 16.8 Å². The number of nitrogens with one attached hydrogen (secondary N) is 1. The number of ether oxygens (including phenoxy) is 1. The first-order valence-corrected chi connectivity index (χ1v) is 10.2. The highest BCUT2D eigenvalue weighted by molar-refractivity contribution is 9.10. The van der Waals surface area contributed by atoms with Crippen LogP contribution in [-0.4, -0.2) is 35.8 Å². The normalized spacial score (nSPS) is 12.3. The summed E-state index contributed by atoms with van der Waals surface area (Å²) in [6.07, 6.45) is 0. The van der Waals surface area contributed by atoms with E-state index in [2.05, 4.69) is 20.7 Å². The van der Waals surface area contributed by atoms with Crippen molar-refractivity contribution < 1.29 is 21.6 Å². The third kappa shape index (κ3) is 5.57. The van der Waals surface area contributed by atoms with Gasteiger partial charge in [-0.15, -0.1) is 0 Å². The third-order valence-electron chi connectivity index (χ3n) is 2.17. The molecule has 1 aromatic carbocycles. The van der Waals surface area contributed by atoms with Crippen molar-refractivity contribution in [3.8, 4) is 0 Å². The number of anilines is 1. The summed E-state index contributed by atoms with van der Waals surface area (Å²) in [7, 11) is -2.21. The highest BCUT2D eigenvalue weighted by Gasteiger charge is 2.16. The van der Waals surface area contributed by atoms with Gasteiger partial charge in [-0.1, -0.05) is 0 Å². The number of rotatable bonds is 7. The highest BCUT2D eigenvalue weighted by Crippen LogP contribution is 2.28. The zero-order valence-electron chi connectivity index (χ0n) is 10.5. The summed E-state index contributed by atoms with van der Waals surface area (Å²) in [5, 5.41) is 0. The van der Waals surface area contributed by atoms with Crippen LogP contribution in [0.5, 0.6) is 0 Å². The molecule has 0 amide bonds. The molecule has 20 heavy (non-hydrogen) atoms. The number of sulfonamides is 1. The molecule has 1 N–H and O–H groups in total. The number of hydrogen-bond acceptors (Lipinski definition) is 5. The Hall–Kier alpha value is -0.350. The minimum absolute atomic E-state index is 0.0845. The Bertz CT molecular complexity index is 675. The SMILES string of the molecule is CCOCCS(=O)(=O)Nc1ccc(S(=O)(=O)Cl)c(Br)c1. The number of hydrogen-bond donors (Lipinski definition) is 1. The minimum atomic E-state index is -3.88. The highest BCUT2D eigenvalue weighted by atomic mass is 79.9. The average molecular weight is 407 g/mol. The molecule has 0 aliphatic carbocycles. The maximum absolute atomic E-state index is 11.7. The van der Waals surface area contributed by atoms with Crippen molar-refractivity contribution in [3.05, 3.63) is 22.7 Å². The fraction of sp³-hybridized carbons (Fsp3) is 0.400. The van der Waals surface area contributed by atoms with Crippen molar-refractivity contribution in [2.24, 2.45) is 0 Å². The van der Waals surface area contributed by atoms with Crippen molar-refractivity contribution in [1.29, 1.82) is 0 Å². The van der Waals surface area contributed by atoms with E-state index in [0.717, 1.165) is 0 Å². The molecule has 0 heterocycles. The smallest absolute Gasteiger partial charge is 0.262 e. The zero-order chi connectivity index (χ0) is 15.4. The monoisotopic (exact) mass is 405 g/mol. The second kappa shape index (κ2) is 7.08. The first-order valence-electron chi connectivity index (χ1n) is 5.48. The van der Waals surface area contributed by atoms with Crippen LogP contribution >= 0.6 is 26.6 Å². The van der Waals surface area contributed by atoms with Gasteiger partial charge >= 0.3 is 0 Å². The molecule has 0 unspecified atom stereocenters. The molecule has 0 bridgehead atoms. The molecule has 10 heteroatoms. The Morgan fingerprint density at radius 3 is 2.45 bits per heavy atom. The van der Waals surface area contributed by atoms with Crippen LogP contribution in [0.15, 0.2) is 27.6 Å². The molecule has 114 valence electrons. The first-order chi connectivity index (χ1) is 9.15. The van der Waals surface area contributed by atoms with Gasteiger partial charge in [0.2, 0.25) is 10.0 Å². The van der Waals surface area contributed by atoms with E-state index in [4.69, 9.17) is 15.4 Å². The molecule has 0 aliphatic heterocycles. The summed E-state index contributed by atoms with van der Waals surface area (Å²) >= 11 is 3.03. The molecule has 0 radical (unpaired) electrons. The fourth-order valence-corrected chi connectivity index (χ4v) is 4.45. The molecule has 0 aliphatic rings. The quantitative estimate of drug-likeness (QED) is 0.553. The summed E-state index contributed by atoms with van der Waals surface area (Å²) in [6.45, 7) is 2.28. The van der Waals surface area contributed by atoms with Gasteiger partial charge in [-0.05, 0) is 41.1 Å². The maximum atomic E-state index is 11.7. The Labute approximate surface area is 131 Å². The molecule has 0 aromatic heterocycles. The third-order valence-corrected chi connectivity index (χ3v) is 5.72. The lowest BCUT2D eigenvalue weighted by Gasteiger charge is -2.09. The lowest BCUT2D eigenvalue weighted by Crippen LogP contribution is -2.20. The van der Waals surface area contributed by atoms with Crippen molar-refractivity contribution in [2.45, 2.75) is 11.8 Å². The topological polar surface area (TPSA) is 89.5 Å². The van der Waals surface area contributed by atoms with Crippen LogP contribution < -0.4 is 4.72 Å². The molecule has 0 saturated heterocycles. The Kier molecular flexibility index (Phi) is 6.26. The van der Waals surface area contributed by atoms with Gasteiger partial charge in [0.1, 0.15) is 0 Å². The lowest BCUT2D eigenvalue weighted by atomic mass is 10.3. The van der Waals surface area contributed by atoms with Gasteiger partial charge in [0, 0.05) is 27.4 Å². The molecule has 0 atom stereocenters. The van der Waals surface area contributed by atoms with Crippen LogP contribution in [0.2, 0.25) is 0 Å². The number of halogens is 2. The predicted molar refractivity (Wildman–Crippen MR) is 81.1 cm³/mol. The zero-order valence-corrected chi connectivity index (χ0v) is 14.4. The van der Waals surface area contributed by atoms with E-state index in [0.29, 0.717) is 6.61 Å². The van der Waals surface area contributed by atoms with Gasteiger partial charge in [0.05, 0.1) is 17.3 Å². The van der Waals surface area contributed by atoms with E-state index < -0.39 is 19.1 Å². The van der Waals surface area contributed by atoms with Gasteiger partial charge in [0.25, 0.3) is 9.05 Å². The Morgan fingerprint density at radius 1 is 1.30 bits per heavy atom. The summed E-state index contributed by atoms with van der Waals surface area (Å²) in [4.78, 5) is -0.128. The Morgan fingerprint density at radius 2 is 1.95 bits per heavy atom. The van der Waals surface area contributed by atoms with Crippen molar-refractivity contribution in [3.63, 3.8) is 0 Å². The molecule has 0 spiro atoms. The standard InChI is InChI=1S/C10H13BrClNO5S2/c1-2-18-5-6-19(14,15)13-8-3-4-10(9(11)7-8)20(12,16)17/h3-4,7,13H,2,5-6H2,1H3. The molecule has 0 saturated carbocycles. The summed E-state index contributed by atoms with van der Waals surface area (Å²) in [5.41, 5.74) is 0.234. The summed E-state index contributed by atoms with van der Waals surface area (Å²) < 4.78 is 53.3. The van der Waals surface area contributed by atoms with Crippen LogP contribution in [0.4, 0.5) is 5.69 Å². The second-order valence-electron chi connectivity index (χ2n) is 3.70.